The van der Waals surface area contributed by atoms with Crippen LogP contribution >= 0.6 is 0 Å². The molecule has 1 aliphatic heterocycles. The Labute approximate surface area is 136 Å². The van der Waals surface area contributed by atoms with Crippen molar-refractivity contribution in [3.8, 4) is 6.07 Å². The monoisotopic (exact) mass is 319 g/mol. The minimum absolute atomic E-state index is 0.0369. The van der Waals surface area contributed by atoms with Crippen molar-refractivity contribution in [2.45, 2.75) is 57.0 Å². The van der Waals surface area contributed by atoms with Crippen molar-refractivity contribution < 1.29 is 14.7 Å². The highest BCUT2D eigenvalue weighted by Gasteiger charge is 2.42. The summed E-state index contributed by atoms with van der Waals surface area (Å²) < 4.78 is 0. The van der Waals surface area contributed by atoms with Crippen molar-refractivity contribution in [3.05, 3.63) is 0 Å². The van der Waals surface area contributed by atoms with Crippen LogP contribution in [0, 0.1) is 29.1 Å². The fourth-order valence-electron chi connectivity index (χ4n) is 4.85. The van der Waals surface area contributed by atoms with Crippen LogP contribution in [0.4, 0.5) is 0 Å². The number of aliphatic carboxylic acids is 1. The van der Waals surface area contributed by atoms with Crippen LogP contribution in [0.25, 0.3) is 0 Å². The van der Waals surface area contributed by atoms with Gasteiger partial charge in [0.2, 0.25) is 5.91 Å². The molecule has 0 aromatic rings. The predicted molar refractivity (Wildman–Crippen MR) is 83.3 cm³/mol. The smallest absolute Gasteiger partial charge is 0.303 e. The van der Waals surface area contributed by atoms with E-state index in [9.17, 15) is 9.59 Å². The highest BCUT2D eigenvalue weighted by molar-refractivity contribution is 5.79. The number of rotatable bonds is 5. The number of hydrogen-bond donors (Lipinski definition) is 2. The van der Waals surface area contributed by atoms with E-state index in [2.05, 4.69) is 11.4 Å². The lowest BCUT2D eigenvalue weighted by Crippen LogP contribution is -2.43. The average molecular weight is 319 g/mol. The van der Waals surface area contributed by atoms with E-state index in [1.165, 1.54) is 0 Å². The van der Waals surface area contributed by atoms with Crippen LogP contribution in [0.2, 0.25) is 0 Å². The van der Waals surface area contributed by atoms with Crippen molar-refractivity contribution in [2.75, 3.05) is 13.1 Å². The fourth-order valence-corrected chi connectivity index (χ4v) is 4.85. The summed E-state index contributed by atoms with van der Waals surface area (Å²) in [5, 5.41) is 21.3. The molecule has 2 N–H and O–H groups in total. The van der Waals surface area contributed by atoms with Crippen LogP contribution in [-0.4, -0.2) is 47.1 Å². The van der Waals surface area contributed by atoms with E-state index in [1.807, 2.05) is 0 Å². The summed E-state index contributed by atoms with van der Waals surface area (Å²) in [6.45, 7) is 1.02. The summed E-state index contributed by atoms with van der Waals surface area (Å²) in [7, 11) is 0. The normalized spacial score (nSPS) is 36.0. The molecule has 0 aromatic carbocycles. The van der Waals surface area contributed by atoms with Crippen LogP contribution in [0.1, 0.15) is 44.9 Å². The molecule has 0 bridgehead atoms. The van der Waals surface area contributed by atoms with Gasteiger partial charge in [0.05, 0.1) is 12.6 Å². The molecule has 6 heteroatoms. The molecule has 3 fully saturated rings. The third-order valence-electron chi connectivity index (χ3n) is 5.84. The van der Waals surface area contributed by atoms with Gasteiger partial charge in [0.1, 0.15) is 6.04 Å². The number of nitriles is 1. The Bertz CT molecular complexity index is 502. The van der Waals surface area contributed by atoms with Gasteiger partial charge in [0.15, 0.2) is 0 Å². The Balaban J connectivity index is 1.41. The van der Waals surface area contributed by atoms with Crippen LogP contribution in [0.15, 0.2) is 0 Å². The average Bonchev–Trinajstić information content (AvgIpc) is 3.17. The third kappa shape index (κ3) is 3.66. The van der Waals surface area contributed by atoms with Gasteiger partial charge in [-0.3, -0.25) is 9.59 Å². The topological polar surface area (TPSA) is 93.4 Å². The number of carbonyl (C=O) groups excluding carboxylic acids is 1. The third-order valence-corrected chi connectivity index (χ3v) is 5.84. The van der Waals surface area contributed by atoms with Gasteiger partial charge < -0.3 is 15.3 Å². The Morgan fingerprint density at radius 2 is 1.91 bits per heavy atom. The molecule has 0 spiro atoms. The fraction of sp³-hybridized carbons (Fsp3) is 0.824. The second-order valence-electron chi connectivity index (χ2n) is 7.38. The van der Waals surface area contributed by atoms with Crippen molar-refractivity contribution >= 4 is 11.9 Å². The maximum Gasteiger partial charge on any atom is 0.303 e. The van der Waals surface area contributed by atoms with E-state index in [0.717, 1.165) is 38.5 Å². The summed E-state index contributed by atoms with van der Waals surface area (Å²) in [5.41, 5.74) is 0. The lowest BCUT2D eigenvalue weighted by Gasteiger charge is -2.21. The molecule has 2 aliphatic carbocycles. The number of carboxylic acid groups (broad SMARTS) is 1. The molecule has 3 unspecified atom stereocenters. The Morgan fingerprint density at radius 3 is 2.52 bits per heavy atom. The largest absolute Gasteiger partial charge is 0.481 e. The quantitative estimate of drug-likeness (QED) is 0.798. The molecule has 3 atom stereocenters. The van der Waals surface area contributed by atoms with E-state index in [0.29, 0.717) is 43.3 Å². The molecule has 0 radical (unpaired) electrons. The predicted octanol–water partition coefficient (Wildman–Crippen LogP) is 1.37. The number of amides is 1. The van der Waals surface area contributed by atoms with E-state index in [1.54, 1.807) is 4.90 Å². The molecule has 6 nitrogen and oxygen atoms in total. The zero-order chi connectivity index (χ0) is 16.4. The Hall–Kier alpha value is -1.61. The number of likely N-dealkylation sites (tertiary alicyclic amines) is 1. The molecule has 126 valence electrons. The number of carbonyl (C=O) groups is 2. The standard InChI is InChI=1S/C17H25N3O3/c18-9-15-2-1-3-20(15)16(21)10-19-14-7-12-4-11(6-17(22)23)5-13(12)8-14/h11-15,19H,1-8,10H2,(H,22,23). The molecule has 3 aliphatic rings. The van der Waals surface area contributed by atoms with Crippen molar-refractivity contribution in [1.82, 2.24) is 10.2 Å². The SMILES string of the molecule is N#CC1CCCN1C(=O)CNC1CC2CC(CC(=O)O)CC2C1. The van der Waals surface area contributed by atoms with Gasteiger partial charge in [0.25, 0.3) is 0 Å². The second-order valence-corrected chi connectivity index (χ2v) is 7.38. The first-order chi connectivity index (χ1) is 11.1. The number of carboxylic acids is 1. The van der Waals surface area contributed by atoms with Crippen molar-refractivity contribution in [3.63, 3.8) is 0 Å². The van der Waals surface area contributed by atoms with Gasteiger partial charge in [-0.1, -0.05) is 0 Å². The number of nitrogens with one attached hydrogen (secondary N) is 1. The summed E-state index contributed by atoms with van der Waals surface area (Å²) in [6.07, 6.45) is 6.15. The Morgan fingerprint density at radius 1 is 1.22 bits per heavy atom. The van der Waals surface area contributed by atoms with E-state index < -0.39 is 5.97 Å². The molecule has 1 heterocycles. The molecule has 1 saturated heterocycles. The summed E-state index contributed by atoms with van der Waals surface area (Å²) in [6, 6.07) is 2.32. The van der Waals surface area contributed by atoms with Gasteiger partial charge >= 0.3 is 5.97 Å². The van der Waals surface area contributed by atoms with Crippen LogP contribution < -0.4 is 5.32 Å². The highest BCUT2D eigenvalue weighted by Crippen LogP contribution is 2.47. The van der Waals surface area contributed by atoms with Gasteiger partial charge in [0, 0.05) is 19.0 Å². The molecular formula is C17H25N3O3. The van der Waals surface area contributed by atoms with Crippen LogP contribution in [0.5, 0.6) is 0 Å². The maximum absolute atomic E-state index is 12.2. The van der Waals surface area contributed by atoms with Gasteiger partial charge in [-0.15, -0.1) is 0 Å². The second kappa shape index (κ2) is 6.88. The molecule has 1 amide bonds. The minimum Gasteiger partial charge on any atom is -0.481 e. The summed E-state index contributed by atoms with van der Waals surface area (Å²) in [4.78, 5) is 24.8. The van der Waals surface area contributed by atoms with Crippen molar-refractivity contribution in [1.29, 1.82) is 5.26 Å². The van der Waals surface area contributed by atoms with Crippen LogP contribution in [0.3, 0.4) is 0 Å². The zero-order valence-corrected chi connectivity index (χ0v) is 13.4. The van der Waals surface area contributed by atoms with Crippen LogP contribution in [-0.2, 0) is 9.59 Å². The lowest BCUT2D eigenvalue weighted by atomic mass is 9.99. The number of hydrogen-bond acceptors (Lipinski definition) is 4. The van der Waals surface area contributed by atoms with Crippen molar-refractivity contribution in [2.24, 2.45) is 17.8 Å². The maximum atomic E-state index is 12.2. The summed E-state index contributed by atoms with van der Waals surface area (Å²) in [5.74, 6) is 0.921. The molecule has 0 aromatic heterocycles. The summed E-state index contributed by atoms with van der Waals surface area (Å²) >= 11 is 0. The molecule has 3 rings (SSSR count). The van der Waals surface area contributed by atoms with E-state index in [4.69, 9.17) is 10.4 Å². The highest BCUT2D eigenvalue weighted by atomic mass is 16.4. The zero-order valence-electron chi connectivity index (χ0n) is 13.4. The lowest BCUT2D eigenvalue weighted by molar-refractivity contribution is -0.138. The number of fused-ring (bicyclic) bond motifs is 1. The molecule has 2 saturated carbocycles. The molecule has 23 heavy (non-hydrogen) atoms. The van der Waals surface area contributed by atoms with E-state index >= 15 is 0 Å². The van der Waals surface area contributed by atoms with E-state index in [-0.39, 0.29) is 11.9 Å². The first-order valence-electron chi connectivity index (χ1n) is 8.71. The first-order valence-corrected chi connectivity index (χ1v) is 8.71. The van der Waals surface area contributed by atoms with Gasteiger partial charge in [-0.25, -0.2) is 0 Å². The van der Waals surface area contributed by atoms with Gasteiger partial charge in [-0.05, 0) is 56.3 Å². The molecular weight excluding hydrogens is 294 g/mol. The Kier molecular flexibility index (Phi) is 4.86. The first kappa shape index (κ1) is 16.3. The minimum atomic E-state index is -0.687. The van der Waals surface area contributed by atoms with Gasteiger partial charge in [-0.2, -0.15) is 5.26 Å². The number of nitrogens with zero attached hydrogens (tertiary/aromatic N) is 2.